The Kier molecular flexibility index (Phi) is 6.00. The van der Waals surface area contributed by atoms with Crippen LogP contribution in [0.15, 0.2) is 35.1 Å². The summed E-state index contributed by atoms with van der Waals surface area (Å²) in [5.41, 5.74) is 8.07. The molecule has 0 saturated heterocycles. The van der Waals surface area contributed by atoms with Gasteiger partial charge in [0.25, 0.3) is 0 Å². The minimum absolute atomic E-state index is 0. The fraction of sp³-hybridized carbons (Fsp3) is 0.300. The van der Waals surface area contributed by atoms with E-state index >= 15 is 0 Å². The Morgan fingerprint density at radius 3 is 2.79 bits per heavy atom. The normalized spacial score (nSPS) is 11.6. The second-order valence-corrected chi connectivity index (χ2v) is 4.12. The second-order valence-electron chi connectivity index (χ2n) is 3.20. The molecule has 1 heterocycles. The molecule has 0 aliphatic heterocycles. The van der Waals surface area contributed by atoms with Gasteiger partial charge in [-0.1, -0.05) is 5.57 Å². The fourth-order valence-electron chi connectivity index (χ4n) is 1.12. The van der Waals surface area contributed by atoms with Crippen molar-refractivity contribution in [2.24, 2.45) is 5.73 Å². The van der Waals surface area contributed by atoms with Gasteiger partial charge in [-0.3, -0.25) is 4.98 Å². The first-order chi connectivity index (χ1) is 6.09. The molecule has 0 spiro atoms. The van der Waals surface area contributed by atoms with Gasteiger partial charge in [0, 0.05) is 22.9 Å². The number of pyridine rings is 1. The van der Waals surface area contributed by atoms with Crippen LogP contribution in [-0.2, 0) is 0 Å². The molecular weight excluding hydrogens is 263 g/mol. The summed E-state index contributed by atoms with van der Waals surface area (Å²) in [4.78, 5) is 4.06. The summed E-state index contributed by atoms with van der Waals surface area (Å²) in [6, 6.07) is 1.99. The molecule has 2 N–H and O–H groups in total. The van der Waals surface area contributed by atoms with E-state index in [2.05, 4.69) is 27.5 Å². The summed E-state index contributed by atoms with van der Waals surface area (Å²) in [6.07, 6.45) is 4.34. The molecule has 0 saturated carbocycles. The number of hydrogen-bond donors (Lipinski definition) is 1. The Hall–Kier alpha value is -0.380. The van der Waals surface area contributed by atoms with Crippen LogP contribution in [0.4, 0.5) is 0 Å². The lowest BCUT2D eigenvalue weighted by atomic mass is 10.0. The molecule has 1 rings (SSSR count). The molecule has 4 heteroatoms. The van der Waals surface area contributed by atoms with Crippen LogP contribution in [0.5, 0.6) is 0 Å². The van der Waals surface area contributed by atoms with Crippen molar-refractivity contribution >= 4 is 28.3 Å². The molecule has 0 aliphatic carbocycles. The van der Waals surface area contributed by atoms with E-state index in [0.717, 1.165) is 22.0 Å². The molecule has 1 aromatic heterocycles. The third kappa shape index (κ3) is 4.22. The zero-order valence-corrected chi connectivity index (χ0v) is 10.4. The summed E-state index contributed by atoms with van der Waals surface area (Å²) >= 11 is 3.36. The van der Waals surface area contributed by atoms with Gasteiger partial charge in [0.1, 0.15) is 0 Å². The van der Waals surface area contributed by atoms with Crippen LogP contribution in [0, 0.1) is 0 Å². The molecular formula is C10H14BrClN2. The first-order valence-electron chi connectivity index (χ1n) is 4.10. The van der Waals surface area contributed by atoms with Crippen molar-refractivity contribution in [3.63, 3.8) is 0 Å². The molecule has 1 aromatic rings. The predicted octanol–water partition coefficient (Wildman–Crippen LogP) is 3.23. The van der Waals surface area contributed by atoms with Gasteiger partial charge in [0.05, 0.1) is 0 Å². The maximum atomic E-state index is 5.94. The highest BCUT2D eigenvalue weighted by Gasteiger charge is 2.06. The van der Waals surface area contributed by atoms with E-state index in [4.69, 9.17) is 5.73 Å². The van der Waals surface area contributed by atoms with Gasteiger partial charge in [-0.25, -0.2) is 0 Å². The molecule has 0 aromatic carbocycles. The Bertz CT molecular complexity index is 315. The topological polar surface area (TPSA) is 38.9 Å². The second kappa shape index (κ2) is 6.17. The highest BCUT2D eigenvalue weighted by Crippen LogP contribution is 2.19. The molecule has 2 nitrogen and oxygen atoms in total. The average Bonchev–Trinajstić information content (AvgIpc) is 2.03. The van der Waals surface area contributed by atoms with Crippen LogP contribution in [0.2, 0.25) is 0 Å². The van der Waals surface area contributed by atoms with Gasteiger partial charge in [-0.05, 0) is 40.9 Å². The lowest BCUT2D eigenvalue weighted by Crippen LogP contribution is -2.10. The Morgan fingerprint density at radius 2 is 2.29 bits per heavy atom. The number of aromatic nitrogens is 1. The summed E-state index contributed by atoms with van der Waals surface area (Å²) < 4.78 is 0.960. The van der Waals surface area contributed by atoms with Crippen molar-refractivity contribution in [1.82, 2.24) is 4.98 Å². The third-order valence-corrected chi connectivity index (χ3v) is 2.16. The van der Waals surface area contributed by atoms with Crippen LogP contribution in [0.25, 0.3) is 0 Å². The van der Waals surface area contributed by atoms with E-state index < -0.39 is 0 Å². The maximum absolute atomic E-state index is 5.94. The summed E-state index contributed by atoms with van der Waals surface area (Å²) in [5, 5.41) is 0. The third-order valence-electron chi connectivity index (χ3n) is 1.72. The standard InChI is InChI=1S/C10H13BrN2.ClH/c1-7(2)3-10(12)8-4-9(11)6-13-5-8;/h4-6,10H,1,3,12H2,2H3;1H/t10-;/m1./s1. The first-order valence-corrected chi connectivity index (χ1v) is 4.89. The molecule has 0 unspecified atom stereocenters. The number of hydrogen-bond acceptors (Lipinski definition) is 2. The fourth-order valence-corrected chi connectivity index (χ4v) is 1.51. The summed E-state index contributed by atoms with van der Waals surface area (Å²) in [7, 11) is 0. The first kappa shape index (κ1) is 13.6. The van der Waals surface area contributed by atoms with E-state index in [1.807, 2.05) is 13.0 Å². The highest BCUT2D eigenvalue weighted by molar-refractivity contribution is 9.10. The summed E-state index contributed by atoms with van der Waals surface area (Å²) in [6.45, 7) is 5.81. The lowest BCUT2D eigenvalue weighted by Gasteiger charge is -2.11. The van der Waals surface area contributed by atoms with Crippen molar-refractivity contribution in [2.75, 3.05) is 0 Å². The predicted molar refractivity (Wildman–Crippen MR) is 65.5 cm³/mol. The Morgan fingerprint density at radius 1 is 1.64 bits per heavy atom. The van der Waals surface area contributed by atoms with Crippen molar-refractivity contribution in [2.45, 2.75) is 19.4 Å². The maximum Gasteiger partial charge on any atom is 0.0410 e. The molecule has 0 bridgehead atoms. The smallest absolute Gasteiger partial charge is 0.0410 e. The van der Waals surface area contributed by atoms with E-state index in [1.165, 1.54) is 0 Å². The van der Waals surface area contributed by atoms with Crippen LogP contribution in [0.3, 0.4) is 0 Å². The lowest BCUT2D eigenvalue weighted by molar-refractivity contribution is 0.713. The van der Waals surface area contributed by atoms with E-state index in [0.29, 0.717) is 0 Å². The van der Waals surface area contributed by atoms with Crippen LogP contribution in [0.1, 0.15) is 24.9 Å². The minimum atomic E-state index is 0. The molecule has 1 atom stereocenters. The molecule has 78 valence electrons. The molecule has 14 heavy (non-hydrogen) atoms. The molecule has 0 fully saturated rings. The van der Waals surface area contributed by atoms with Gasteiger partial charge in [0.15, 0.2) is 0 Å². The van der Waals surface area contributed by atoms with Crippen molar-refractivity contribution < 1.29 is 0 Å². The van der Waals surface area contributed by atoms with Crippen molar-refractivity contribution in [3.05, 3.63) is 40.6 Å². The Balaban J connectivity index is 0.00000169. The van der Waals surface area contributed by atoms with Gasteiger partial charge >= 0.3 is 0 Å². The Labute approximate surface area is 99.1 Å². The van der Waals surface area contributed by atoms with Crippen LogP contribution >= 0.6 is 28.3 Å². The van der Waals surface area contributed by atoms with Gasteiger partial charge < -0.3 is 5.73 Å². The largest absolute Gasteiger partial charge is 0.324 e. The van der Waals surface area contributed by atoms with Crippen molar-refractivity contribution in [1.29, 1.82) is 0 Å². The molecule has 0 radical (unpaired) electrons. The van der Waals surface area contributed by atoms with Crippen molar-refractivity contribution in [3.8, 4) is 0 Å². The minimum Gasteiger partial charge on any atom is -0.324 e. The summed E-state index contributed by atoms with van der Waals surface area (Å²) in [5.74, 6) is 0. The molecule has 0 amide bonds. The van der Waals surface area contributed by atoms with E-state index in [9.17, 15) is 0 Å². The number of nitrogens with zero attached hydrogens (tertiary/aromatic N) is 1. The van der Waals surface area contributed by atoms with Crippen LogP contribution < -0.4 is 5.73 Å². The number of halogens is 2. The average molecular weight is 278 g/mol. The number of nitrogens with two attached hydrogens (primary N) is 1. The zero-order valence-electron chi connectivity index (χ0n) is 8.03. The van der Waals surface area contributed by atoms with Gasteiger partial charge in [0.2, 0.25) is 0 Å². The van der Waals surface area contributed by atoms with E-state index in [1.54, 1.807) is 12.4 Å². The highest BCUT2D eigenvalue weighted by atomic mass is 79.9. The zero-order chi connectivity index (χ0) is 9.84. The van der Waals surface area contributed by atoms with E-state index in [-0.39, 0.29) is 18.4 Å². The quantitative estimate of drug-likeness (QED) is 0.862. The SMILES string of the molecule is C=C(C)C[C@@H](N)c1cncc(Br)c1.Cl. The molecule has 0 aliphatic rings. The monoisotopic (exact) mass is 276 g/mol. The van der Waals surface area contributed by atoms with Crippen LogP contribution in [-0.4, -0.2) is 4.98 Å². The number of rotatable bonds is 3. The van der Waals surface area contributed by atoms with Gasteiger partial charge in [-0.2, -0.15) is 0 Å². The van der Waals surface area contributed by atoms with Gasteiger partial charge in [-0.15, -0.1) is 19.0 Å².